The smallest absolute Gasteiger partial charge is 0.257 e. The Hall–Kier alpha value is -4.04. The highest BCUT2D eigenvalue weighted by Gasteiger charge is 2.35. The number of carbonyl (C=O) groups excluding carboxylic acids is 1. The number of halogens is 1. The van der Waals surface area contributed by atoms with Gasteiger partial charge in [-0.05, 0) is 37.3 Å². The maximum atomic E-state index is 13.4. The molecule has 0 bridgehead atoms. The predicted octanol–water partition coefficient (Wildman–Crippen LogP) is 4.32. The molecule has 32 heavy (non-hydrogen) atoms. The Morgan fingerprint density at radius 1 is 1.09 bits per heavy atom. The second kappa shape index (κ2) is 8.24. The SMILES string of the molecule is CC1=C(C(=O)Nc2ccccn2)C(c2ccccc2Cl)n2nc(-c3cccnc3)nc2N1. The standard InChI is InChI=1S/C23H18ClN7O/c1-14-19(22(32)28-18-10-4-5-12-26-18)20(16-8-2-3-9-17(16)24)31-23(27-14)29-21(30-31)15-7-6-11-25-13-15/h2-13,20H,1H3,(H,26,28,32)(H,27,29,30). The minimum atomic E-state index is -0.582. The van der Waals surface area contributed by atoms with Crippen molar-refractivity contribution >= 4 is 29.3 Å². The Morgan fingerprint density at radius 2 is 1.94 bits per heavy atom. The van der Waals surface area contributed by atoms with E-state index in [-0.39, 0.29) is 5.91 Å². The van der Waals surface area contributed by atoms with Crippen LogP contribution < -0.4 is 10.6 Å². The molecule has 1 atom stereocenters. The number of amides is 1. The number of rotatable bonds is 4. The fourth-order valence-corrected chi connectivity index (χ4v) is 3.91. The van der Waals surface area contributed by atoms with E-state index < -0.39 is 6.04 Å². The normalized spacial score (nSPS) is 15.1. The van der Waals surface area contributed by atoms with Crippen molar-refractivity contribution in [3.8, 4) is 11.4 Å². The molecule has 0 fully saturated rings. The van der Waals surface area contributed by atoms with Crippen LogP contribution in [-0.4, -0.2) is 30.6 Å². The molecule has 5 rings (SSSR count). The van der Waals surface area contributed by atoms with Crippen molar-refractivity contribution in [1.82, 2.24) is 24.7 Å². The van der Waals surface area contributed by atoms with E-state index in [4.69, 9.17) is 16.7 Å². The molecule has 8 nitrogen and oxygen atoms in total. The first-order chi connectivity index (χ1) is 15.6. The lowest BCUT2D eigenvalue weighted by molar-refractivity contribution is -0.113. The number of anilines is 2. The third-order valence-electron chi connectivity index (χ3n) is 5.12. The van der Waals surface area contributed by atoms with Crippen molar-refractivity contribution < 1.29 is 4.79 Å². The first-order valence-electron chi connectivity index (χ1n) is 9.93. The number of pyridine rings is 2. The molecule has 1 unspecified atom stereocenters. The van der Waals surface area contributed by atoms with Gasteiger partial charge >= 0.3 is 0 Å². The van der Waals surface area contributed by atoms with Gasteiger partial charge in [0.2, 0.25) is 5.95 Å². The number of benzene rings is 1. The van der Waals surface area contributed by atoms with Gasteiger partial charge in [-0.1, -0.05) is 35.9 Å². The van der Waals surface area contributed by atoms with Gasteiger partial charge in [0.1, 0.15) is 11.9 Å². The molecule has 158 valence electrons. The van der Waals surface area contributed by atoms with E-state index in [0.29, 0.717) is 33.9 Å². The molecule has 3 aromatic heterocycles. The molecule has 1 aliphatic heterocycles. The van der Waals surface area contributed by atoms with Gasteiger partial charge in [0.05, 0.1) is 5.57 Å². The summed E-state index contributed by atoms with van der Waals surface area (Å²) in [4.78, 5) is 26.4. The van der Waals surface area contributed by atoms with Crippen LogP contribution in [0.25, 0.3) is 11.4 Å². The lowest BCUT2D eigenvalue weighted by Gasteiger charge is -2.29. The van der Waals surface area contributed by atoms with Gasteiger partial charge in [-0.25, -0.2) is 9.67 Å². The van der Waals surface area contributed by atoms with Crippen LogP contribution >= 0.6 is 11.6 Å². The summed E-state index contributed by atoms with van der Waals surface area (Å²) in [5.41, 5.74) is 2.64. The summed E-state index contributed by atoms with van der Waals surface area (Å²) in [7, 11) is 0. The van der Waals surface area contributed by atoms with Crippen LogP contribution in [0.3, 0.4) is 0 Å². The topological polar surface area (TPSA) is 97.6 Å². The summed E-state index contributed by atoms with van der Waals surface area (Å²) >= 11 is 6.57. The molecule has 0 spiro atoms. The third kappa shape index (κ3) is 3.61. The van der Waals surface area contributed by atoms with E-state index in [0.717, 1.165) is 11.1 Å². The van der Waals surface area contributed by atoms with Crippen molar-refractivity contribution in [3.63, 3.8) is 0 Å². The molecule has 4 aromatic rings. The van der Waals surface area contributed by atoms with E-state index in [1.807, 2.05) is 43.3 Å². The second-order valence-corrected chi connectivity index (χ2v) is 7.61. The average molecular weight is 444 g/mol. The summed E-state index contributed by atoms with van der Waals surface area (Å²) in [6, 6.07) is 15.9. The van der Waals surface area contributed by atoms with Crippen LogP contribution in [0.4, 0.5) is 11.8 Å². The van der Waals surface area contributed by atoms with E-state index in [1.54, 1.807) is 41.5 Å². The Kier molecular flexibility index (Phi) is 5.12. The summed E-state index contributed by atoms with van der Waals surface area (Å²) in [6.07, 6.45) is 5.01. The van der Waals surface area contributed by atoms with Gasteiger partial charge in [0.15, 0.2) is 5.82 Å². The summed E-state index contributed by atoms with van der Waals surface area (Å²) in [6.45, 7) is 1.83. The van der Waals surface area contributed by atoms with Crippen LogP contribution in [0.5, 0.6) is 0 Å². The zero-order chi connectivity index (χ0) is 22.1. The molecule has 9 heteroatoms. The molecular weight excluding hydrogens is 426 g/mol. The maximum Gasteiger partial charge on any atom is 0.257 e. The minimum Gasteiger partial charge on any atom is -0.328 e. The minimum absolute atomic E-state index is 0.303. The van der Waals surface area contributed by atoms with E-state index >= 15 is 0 Å². The number of hydrogen-bond donors (Lipinski definition) is 2. The Morgan fingerprint density at radius 3 is 2.69 bits per heavy atom. The fourth-order valence-electron chi connectivity index (χ4n) is 3.67. The first-order valence-corrected chi connectivity index (χ1v) is 10.3. The highest BCUT2D eigenvalue weighted by molar-refractivity contribution is 6.31. The summed E-state index contributed by atoms with van der Waals surface area (Å²) < 4.78 is 1.68. The van der Waals surface area contributed by atoms with Crippen LogP contribution in [0, 0.1) is 0 Å². The Bertz CT molecular complexity index is 1320. The third-order valence-corrected chi connectivity index (χ3v) is 5.47. The van der Waals surface area contributed by atoms with Gasteiger partial charge in [0.25, 0.3) is 5.91 Å². The first kappa shape index (κ1) is 19.9. The Balaban J connectivity index is 1.63. The van der Waals surface area contributed by atoms with Crippen LogP contribution in [0.15, 0.2) is 84.5 Å². The number of fused-ring (bicyclic) bond motifs is 1. The highest BCUT2D eigenvalue weighted by Crippen LogP contribution is 2.39. The van der Waals surface area contributed by atoms with Crippen molar-refractivity contribution in [2.45, 2.75) is 13.0 Å². The van der Waals surface area contributed by atoms with Crippen molar-refractivity contribution in [1.29, 1.82) is 0 Å². The molecule has 1 aromatic carbocycles. The summed E-state index contributed by atoms with van der Waals surface area (Å²) in [5, 5.41) is 11.3. The van der Waals surface area contributed by atoms with Crippen LogP contribution in [-0.2, 0) is 4.79 Å². The summed E-state index contributed by atoms with van der Waals surface area (Å²) in [5.74, 6) is 1.16. The molecule has 1 amide bonds. The van der Waals surface area contributed by atoms with Gasteiger partial charge in [-0.3, -0.25) is 9.78 Å². The monoisotopic (exact) mass is 443 g/mol. The van der Waals surface area contributed by atoms with E-state index in [2.05, 4.69) is 25.6 Å². The molecule has 0 saturated heterocycles. The van der Waals surface area contributed by atoms with Crippen molar-refractivity contribution in [2.75, 3.05) is 10.6 Å². The number of hydrogen-bond acceptors (Lipinski definition) is 6. The number of allylic oxidation sites excluding steroid dienone is 1. The Labute approximate surface area is 189 Å². The fraction of sp³-hybridized carbons (Fsp3) is 0.0870. The maximum absolute atomic E-state index is 13.4. The molecule has 0 radical (unpaired) electrons. The molecule has 0 saturated carbocycles. The second-order valence-electron chi connectivity index (χ2n) is 7.20. The molecule has 0 aliphatic carbocycles. The van der Waals surface area contributed by atoms with Gasteiger partial charge < -0.3 is 10.6 Å². The lowest BCUT2D eigenvalue weighted by Crippen LogP contribution is -2.31. The van der Waals surface area contributed by atoms with E-state index in [9.17, 15) is 4.79 Å². The van der Waals surface area contributed by atoms with Crippen molar-refractivity contribution in [3.05, 3.63) is 95.0 Å². The van der Waals surface area contributed by atoms with Crippen molar-refractivity contribution in [2.24, 2.45) is 0 Å². The molecule has 2 N–H and O–H groups in total. The van der Waals surface area contributed by atoms with Gasteiger partial charge in [-0.2, -0.15) is 4.98 Å². The highest BCUT2D eigenvalue weighted by atomic mass is 35.5. The zero-order valence-corrected chi connectivity index (χ0v) is 17.8. The predicted molar refractivity (Wildman–Crippen MR) is 122 cm³/mol. The van der Waals surface area contributed by atoms with Crippen LogP contribution in [0.1, 0.15) is 18.5 Å². The van der Waals surface area contributed by atoms with Gasteiger partial charge in [0, 0.05) is 40.4 Å². The molecule has 4 heterocycles. The zero-order valence-electron chi connectivity index (χ0n) is 17.0. The molecular formula is C23H18ClN7O. The number of carbonyl (C=O) groups is 1. The quantitative estimate of drug-likeness (QED) is 0.487. The van der Waals surface area contributed by atoms with E-state index in [1.165, 1.54) is 0 Å². The number of nitrogens with zero attached hydrogens (tertiary/aromatic N) is 5. The number of nitrogens with one attached hydrogen (secondary N) is 2. The lowest BCUT2D eigenvalue weighted by atomic mass is 9.95. The molecule has 1 aliphatic rings. The average Bonchev–Trinajstić information content (AvgIpc) is 3.23. The van der Waals surface area contributed by atoms with Crippen LogP contribution in [0.2, 0.25) is 5.02 Å². The largest absolute Gasteiger partial charge is 0.328 e. The van der Waals surface area contributed by atoms with Gasteiger partial charge in [-0.15, -0.1) is 5.10 Å². The number of aromatic nitrogens is 5.